The van der Waals surface area contributed by atoms with Crippen LogP contribution in [0.2, 0.25) is 0 Å². The van der Waals surface area contributed by atoms with Crippen LogP contribution in [0, 0.1) is 5.82 Å². The topological polar surface area (TPSA) is 61.4 Å². The Morgan fingerprint density at radius 3 is 2.54 bits per heavy atom. The summed E-state index contributed by atoms with van der Waals surface area (Å²) in [4.78, 5) is 11.8. The molecule has 0 heterocycles. The zero-order valence-electron chi connectivity index (χ0n) is 13.9. The molecular weight excluding hydrogens is 343 g/mol. The summed E-state index contributed by atoms with van der Waals surface area (Å²) >= 11 is -1.94. The van der Waals surface area contributed by atoms with Gasteiger partial charge in [-0.1, -0.05) is 12.1 Å². The molecule has 0 aromatic heterocycles. The van der Waals surface area contributed by atoms with Crippen LogP contribution >= 0.6 is 0 Å². The number of halogens is 3. The Kier molecular flexibility index (Phi) is 4.96. The molecule has 1 aliphatic rings. The average molecular weight is 363 g/mol. The van der Waals surface area contributed by atoms with E-state index in [2.05, 4.69) is 9.46 Å². The quantitative estimate of drug-likeness (QED) is 0.646. The Labute approximate surface area is 142 Å². The fourth-order valence-electron chi connectivity index (χ4n) is 2.59. The van der Waals surface area contributed by atoms with Crippen molar-refractivity contribution in [2.45, 2.75) is 50.3 Å². The zero-order valence-corrected chi connectivity index (χ0v) is 14.7. The van der Waals surface area contributed by atoms with Crippen molar-refractivity contribution in [3.8, 4) is 0 Å². The van der Waals surface area contributed by atoms with Gasteiger partial charge >= 0.3 is 11.9 Å². The van der Waals surface area contributed by atoms with Crippen LogP contribution in [0.4, 0.5) is 13.2 Å². The van der Waals surface area contributed by atoms with Crippen LogP contribution in [0.25, 0.3) is 0 Å². The number of hydrogen-bond acceptors (Lipinski definition) is 4. The monoisotopic (exact) mass is 363 g/mol. The number of alkyl halides is 2. The summed E-state index contributed by atoms with van der Waals surface area (Å²) in [7, 11) is 0. The van der Waals surface area contributed by atoms with Crippen LogP contribution in [0.15, 0.2) is 18.2 Å². The Balaban J connectivity index is 2.53. The molecule has 2 atom stereocenters. The molecule has 0 unspecified atom stereocenters. The Bertz CT molecular complexity index is 634. The van der Waals surface area contributed by atoms with Gasteiger partial charge in [0, 0.05) is 23.3 Å². The molecule has 1 aromatic carbocycles. The average Bonchev–Trinajstić information content (AvgIpc) is 2.42. The third kappa shape index (κ3) is 2.91. The van der Waals surface area contributed by atoms with Gasteiger partial charge in [-0.05, 0) is 39.3 Å². The minimum Gasteiger partial charge on any atom is -0.598 e. The fourth-order valence-corrected chi connectivity index (χ4v) is 3.51. The zero-order chi connectivity index (χ0) is 18.3. The maximum Gasteiger partial charge on any atom is 0.379 e. The highest BCUT2D eigenvalue weighted by Crippen LogP contribution is 2.51. The van der Waals surface area contributed by atoms with Crippen molar-refractivity contribution < 1.29 is 27.3 Å². The van der Waals surface area contributed by atoms with Gasteiger partial charge < -0.3 is 9.29 Å². The minimum absolute atomic E-state index is 0.239. The second-order valence-corrected chi connectivity index (χ2v) is 8.60. The summed E-state index contributed by atoms with van der Waals surface area (Å²) in [5.74, 6) is -6.71. The maximum absolute atomic E-state index is 14.9. The second-order valence-electron chi connectivity index (χ2n) is 6.63. The molecular formula is C16H20F3NO3S. The highest BCUT2D eigenvalue weighted by Gasteiger charge is 2.69. The number of esters is 1. The molecule has 0 bridgehead atoms. The molecule has 0 saturated carbocycles. The van der Waals surface area contributed by atoms with Crippen molar-refractivity contribution in [3.05, 3.63) is 35.1 Å². The molecule has 24 heavy (non-hydrogen) atoms. The molecule has 4 nitrogen and oxygen atoms in total. The molecule has 2 rings (SSSR count). The van der Waals surface area contributed by atoms with Crippen molar-refractivity contribution >= 4 is 17.3 Å². The van der Waals surface area contributed by atoms with Gasteiger partial charge in [0.15, 0.2) is 5.54 Å². The van der Waals surface area contributed by atoms with Crippen molar-refractivity contribution in [2.75, 3.05) is 6.61 Å². The highest BCUT2D eigenvalue weighted by molar-refractivity contribution is 7.90. The first-order valence-corrected chi connectivity index (χ1v) is 8.65. The van der Waals surface area contributed by atoms with E-state index >= 15 is 0 Å². The van der Waals surface area contributed by atoms with E-state index in [1.165, 1.54) is 19.1 Å². The largest absolute Gasteiger partial charge is 0.598 e. The van der Waals surface area contributed by atoms with Gasteiger partial charge in [-0.2, -0.15) is 8.78 Å². The Morgan fingerprint density at radius 2 is 2.04 bits per heavy atom. The number of fused-ring (bicyclic) bond motifs is 1. The lowest BCUT2D eigenvalue weighted by Crippen LogP contribution is -2.68. The predicted octanol–water partition coefficient (Wildman–Crippen LogP) is 2.83. The van der Waals surface area contributed by atoms with Gasteiger partial charge in [-0.3, -0.25) is 0 Å². The number of rotatable bonds is 5. The smallest absolute Gasteiger partial charge is 0.379 e. The van der Waals surface area contributed by atoms with E-state index in [4.69, 9.17) is 0 Å². The summed E-state index contributed by atoms with van der Waals surface area (Å²) in [5, 5.41) is 0. The number of hydrogen-bond donors (Lipinski definition) is 1. The van der Waals surface area contributed by atoms with Crippen LogP contribution in [-0.2, 0) is 32.9 Å². The van der Waals surface area contributed by atoms with Crippen molar-refractivity contribution in [1.29, 1.82) is 0 Å². The third-order valence-electron chi connectivity index (χ3n) is 3.87. The minimum atomic E-state index is -4.07. The van der Waals surface area contributed by atoms with Gasteiger partial charge in [0.05, 0.1) is 6.61 Å². The van der Waals surface area contributed by atoms with E-state index in [9.17, 15) is 22.5 Å². The molecule has 1 aromatic rings. The standard InChI is InChI=1S/C16H20F3NO3S/c1-5-23-13(21)16(18,19)15(20-24(22)14(2,3)4)9-10-7-6-8-11(17)12(10)15/h6-8,20H,5,9H2,1-4H3/t15-,24-/m1/s1. The molecule has 0 spiro atoms. The second kappa shape index (κ2) is 6.24. The van der Waals surface area contributed by atoms with E-state index in [-0.39, 0.29) is 18.6 Å². The van der Waals surface area contributed by atoms with Crippen LogP contribution < -0.4 is 4.72 Å². The van der Waals surface area contributed by atoms with E-state index in [0.29, 0.717) is 5.56 Å². The number of carbonyl (C=O) groups is 1. The van der Waals surface area contributed by atoms with Gasteiger partial charge in [0.2, 0.25) is 0 Å². The lowest BCUT2D eigenvalue weighted by atomic mass is 9.67. The molecule has 0 amide bonds. The summed E-state index contributed by atoms with van der Waals surface area (Å²) in [6.45, 7) is 5.93. The van der Waals surface area contributed by atoms with Crippen molar-refractivity contribution in [3.63, 3.8) is 0 Å². The fraction of sp³-hybridized carbons (Fsp3) is 0.562. The Hall–Kier alpha value is -1.25. The molecule has 1 aliphatic carbocycles. The summed E-state index contributed by atoms with van der Waals surface area (Å²) in [6.07, 6.45) is -0.326. The summed E-state index contributed by atoms with van der Waals surface area (Å²) in [5.41, 5.74) is -2.38. The van der Waals surface area contributed by atoms with Crippen LogP contribution in [0.3, 0.4) is 0 Å². The lowest BCUT2D eigenvalue weighted by molar-refractivity contribution is -0.187. The van der Waals surface area contributed by atoms with Crippen LogP contribution in [0.5, 0.6) is 0 Å². The highest BCUT2D eigenvalue weighted by atomic mass is 32.2. The summed E-state index contributed by atoms with van der Waals surface area (Å²) in [6, 6.07) is 3.94. The first-order valence-electron chi connectivity index (χ1n) is 7.50. The number of carbonyl (C=O) groups excluding carboxylic acids is 1. The SMILES string of the molecule is CCOC(=O)C(F)(F)[C@@]1(N[S@+]([O-])C(C)(C)C)Cc2cccc(F)c21. The van der Waals surface area contributed by atoms with Crippen LogP contribution in [-0.4, -0.2) is 27.8 Å². The number of nitrogens with one attached hydrogen (secondary N) is 1. The molecule has 1 N–H and O–H groups in total. The normalized spacial score (nSPS) is 21.7. The molecule has 0 radical (unpaired) electrons. The first kappa shape index (κ1) is 19.1. The van der Waals surface area contributed by atoms with Crippen molar-refractivity contribution in [1.82, 2.24) is 4.72 Å². The molecule has 8 heteroatoms. The lowest BCUT2D eigenvalue weighted by Gasteiger charge is -2.47. The third-order valence-corrected chi connectivity index (χ3v) is 5.52. The van der Waals surface area contributed by atoms with Gasteiger partial charge in [0.25, 0.3) is 0 Å². The van der Waals surface area contributed by atoms with E-state index in [1.54, 1.807) is 20.8 Å². The van der Waals surface area contributed by atoms with Crippen LogP contribution in [0.1, 0.15) is 38.8 Å². The number of benzene rings is 1. The number of ether oxygens (including phenoxy) is 1. The maximum atomic E-state index is 14.9. The molecule has 134 valence electrons. The van der Waals surface area contributed by atoms with E-state index in [0.717, 1.165) is 6.07 Å². The first-order chi connectivity index (χ1) is 11.0. The predicted molar refractivity (Wildman–Crippen MR) is 84.4 cm³/mol. The molecule has 0 fully saturated rings. The molecule has 0 aliphatic heterocycles. The summed E-state index contributed by atoms with van der Waals surface area (Å²) < 4.78 is 62.3. The van der Waals surface area contributed by atoms with E-state index in [1.807, 2.05) is 0 Å². The Morgan fingerprint density at radius 1 is 1.42 bits per heavy atom. The molecule has 0 saturated heterocycles. The van der Waals surface area contributed by atoms with Gasteiger partial charge in [-0.25, -0.2) is 9.18 Å². The van der Waals surface area contributed by atoms with Crippen molar-refractivity contribution in [2.24, 2.45) is 0 Å². The van der Waals surface area contributed by atoms with Gasteiger partial charge in [-0.15, -0.1) is 4.72 Å². The van der Waals surface area contributed by atoms with Gasteiger partial charge in [0.1, 0.15) is 10.6 Å². The van der Waals surface area contributed by atoms with E-state index < -0.39 is 39.4 Å².